The molecule has 2 nitrogen and oxygen atoms in total. The molecule has 2 heteroatoms. The summed E-state index contributed by atoms with van der Waals surface area (Å²) in [5.74, 6) is 0. The molecule has 96 valence electrons. The average Bonchev–Trinajstić information content (AvgIpc) is 2.32. The standard InChI is InChI=1S/C14H28O2/c1-5-7-8-9-10-11-12-14(16-4)13(6-2)15-3/h11-14H,5-10H2,1-4H3/b12-11-/t13-,14+/m1/s1. The molecule has 0 fully saturated rings. The molecule has 2 atom stereocenters. The number of hydrogen-bond acceptors (Lipinski definition) is 2. The minimum absolute atomic E-state index is 0.0983. The fourth-order valence-corrected chi connectivity index (χ4v) is 1.81. The van der Waals surface area contributed by atoms with E-state index in [4.69, 9.17) is 9.47 Å². The van der Waals surface area contributed by atoms with Crippen LogP contribution in [0.4, 0.5) is 0 Å². The number of methoxy groups -OCH3 is 2. The van der Waals surface area contributed by atoms with E-state index in [1.54, 1.807) is 14.2 Å². The molecule has 0 unspecified atom stereocenters. The van der Waals surface area contributed by atoms with Gasteiger partial charge in [0, 0.05) is 14.2 Å². The molecule has 0 bridgehead atoms. The number of unbranched alkanes of at least 4 members (excludes halogenated alkanes) is 4. The summed E-state index contributed by atoms with van der Waals surface area (Å²) >= 11 is 0. The molecule has 0 amide bonds. The van der Waals surface area contributed by atoms with Crippen molar-refractivity contribution in [2.75, 3.05) is 14.2 Å². The Labute approximate surface area is 101 Å². The predicted molar refractivity (Wildman–Crippen MR) is 69.8 cm³/mol. The maximum absolute atomic E-state index is 5.41. The van der Waals surface area contributed by atoms with E-state index in [0.29, 0.717) is 0 Å². The summed E-state index contributed by atoms with van der Waals surface area (Å²) < 4.78 is 10.8. The number of ether oxygens (including phenoxy) is 2. The van der Waals surface area contributed by atoms with Gasteiger partial charge < -0.3 is 9.47 Å². The first-order valence-corrected chi connectivity index (χ1v) is 6.52. The third kappa shape index (κ3) is 7.02. The smallest absolute Gasteiger partial charge is 0.101 e. The Hall–Kier alpha value is -0.340. The summed E-state index contributed by atoms with van der Waals surface area (Å²) in [6.45, 7) is 4.36. The van der Waals surface area contributed by atoms with E-state index < -0.39 is 0 Å². The largest absolute Gasteiger partial charge is 0.378 e. The second kappa shape index (κ2) is 11.2. The summed E-state index contributed by atoms with van der Waals surface area (Å²) in [7, 11) is 3.49. The fraction of sp³-hybridized carbons (Fsp3) is 0.857. The summed E-state index contributed by atoms with van der Waals surface area (Å²) in [6, 6.07) is 0. The van der Waals surface area contributed by atoms with Crippen molar-refractivity contribution in [3.05, 3.63) is 12.2 Å². The van der Waals surface area contributed by atoms with E-state index in [0.717, 1.165) is 12.8 Å². The first-order chi connectivity index (χ1) is 7.79. The molecule has 0 N–H and O–H groups in total. The fourth-order valence-electron chi connectivity index (χ4n) is 1.81. The molecule has 0 spiro atoms. The minimum Gasteiger partial charge on any atom is -0.378 e. The Kier molecular flexibility index (Phi) is 10.9. The van der Waals surface area contributed by atoms with E-state index in [1.165, 1.54) is 25.7 Å². The number of hydrogen-bond donors (Lipinski definition) is 0. The normalized spacial score (nSPS) is 15.5. The van der Waals surface area contributed by atoms with Crippen LogP contribution in [0.25, 0.3) is 0 Å². The molecule has 0 rings (SSSR count). The summed E-state index contributed by atoms with van der Waals surface area (Å²) in [6.07, 6.45) is 12.0. The van der Waals surface area contributed by atoms with Gasteiger partial charge in [-0.25, -0.2) is 0 Å². The van der Waals surface area contributed by atoms with Gasteiger partial charge in [-0.05, 0) is 19.3 Å². The zero-order valence-corrected chi connectivity index (χ0v) is 11.4. The van der Waals surface area contributed by atoms with Crippen molar-refractivity contribution in [2.24, 2.45) is 0 Å². The highest BCUT2D eigenvalue weighted by molar-refractivity contribution is 4.93. The Morgan fingerprint density at radius 2 is 1.75 bits per heavy atom. The first-order valence-electron chi connectivity index (χ1n) is 6.52. The lowest BCUT2D eigenvalue weighted by atomic mass is 10.1. The summed E-state index contributed by atoms with van der Waals surface area (Å²) in [5.41, 5.74) is 0. The molecule has 16 heavy (non-hydrogen) atoms. The van der Waals surface area contributed by atoms with Crippen molar-refractivity contribution < 1.29 is 9.47 Å². The van der Waals surface area contributed by atoms with Crippen molar-refractivity contribution >= 4 is 0 Å². The average molecular weight is 228 g/mol. The van der Waals surface area contributed by atoms with Crippen molar-refractivity contribution in [1.29, 1.82) is 0 Å². The summed E-state index contributed by atoms with van der Waals surface area (Å²) in [4.78, 5) is 0. The minimum atomic E-state index is 0.0983. The van der Waals surface area contributed by atoms with Gasteiger partial charge in [-0.3, -0.25) is 0 Å². The zero-order valence-electron chi connectivity index (χ0n) is 11.4. The van der Waals surface area contributed by atoms with E-state index in [1.807, 2.05) is 0 Å². The lowest BCUT2D eigenvalue weighted by Gasteiger charge is -2.20. The van der Waals surface area contributed by atoms with Gasteiger partial charge in [-0.15, -0.1) is 0 Å². The first kappa shape index (κ1) is 15.7. The van der Waals surface area contributed by atoms with Crippen LogP contribution in [-0.2, 0) is 9.47 Å². The molecular weight excluding hydrogens is 200 g/mol. The Morgan fingerprint density at radius 1 is 1.00 bits per heavy atom. The van der Waals surface area contributed by atoms with Gasteiger partial charge in [0.25, 0.3) is 0 Å². The van der Waals surface area contributed by atoms with Crippen LogP contribution in [0, 0.1) is 0 Å². The van der Waals surface area contributed by atoms with Crippen molar-refractivity contribution in [1.82, 2.24) is 0 Å². The molecule has 0 aliphatic rings. The van der Waals surface area contributed by atoms with Crippen LogP contribution in [0.3, 0.4) is 0 Å². The maximum atomic E-state index is 5.41. The molecule has 0 aromatic carbocycles. The van der Waals surface area contributed by atoms with Crippen LogP contribution in [0.5, 0.6) is 0 Å². The van der Waals surface area contributed by atoms with Crippen LogP contribution in [0.15, 0.2) is 12.2 Å². The van der Waals surface area contributed by atoms with Gasteiger partial charge in [-0.1, -0.05) is 45.3 Å². The lowest BCUT2D eigenvalue weighted by molar-refractivity contribution is -0.0129. The SMILES string of the molecule is CCCCCC/C=C\[C@H](OC)[C@@H](CC)OC. The highest BCUT2D eigenvalue weighted by Gasteiger charge is 2.15. The molecular formula is C14H28O2. The van der Waals surface area contributed by atoms with Gasteiger partial charge in [0.15, 0.2) is 0 Å². The van der Waals surface area contributed by atoms with Crippen LogP contribution in [0.2, 0.25) is 0 Å². The molecule has 0 radical (unpaired) electrons. The monoisotopic (exact) mass is 228 g/mol. The Bertz CT molecular complexity index is 162. The topological polar surface area (TPSA) is 18.5 Å². The van der Waals surface area contributed by atoms with Gasteiger partial charge in [-0.2, -0.15) is 0 Å². The molecule has 0 heterocycles. The summed E-state index contributed by atoms with van der Waals surface area (Å²) in [5, 5.41) is 0. The molecule has 0 saturated carbocycles. The second-order valence-electron chi connectivity index (χ2n) is 4.16. The van der Waals surface area contributed by atoms with Crippen LogP contribution >= 0.6 is 0 Å². The van der Waals surface area contributed by atoms with Crippen LogP contribution < -0.4 is 0 Å². The third-order valence-corrected chi connectivity index (χ3v) is 2.89. The van der Waals surface area contributed by atoms with E-state index in [2.05, 4.69) is 26.0 Å². The zero-order chi connectivity index (χ0) is 12.2. The molecule has 0 aromatic rings. The van der Waals surface area contributed by atoms with Gasteiger partial charge in [0.1, 0.15) is 6.10 Å². The molecule has 0 aliphatic heterocycles. The quantitative estimate of drug-likeness (QED) is 0.416. The maximum Gasteiger partial charge on any atom is 0.101 e. The second-order valence-corrected chi connectivity index (χ2v) is 4.16. The van der Waals surface area contributed by atoms with Crippen LogP contribution in [0.1, 0.15) is 52.4 Å². The van der Waals surface area contributed by atoms with Crippen molar-refractivity contribution in [3.63, 3.8) is 0 Å². The Morgan fingerprint density at radius 3 is 2.25 bits per heavy atom. The van der Waals surface area contributed by atoms with Crippen LogP contribution in [-0.4, -0.2) is 26.4 Å². The predicted octanol–water partition coefficient (Wildman–Crippen LogP) is 3.95. The van der Waals surface area contributed by atoms with Gasteiger partial charge >= 0.3 is 0 Å². The Balaban J connectivity index is 3.78. The van der Waals surface area contributed by atoms with Crippen molar-refractivity contribution in [2.45, 2.75) is 64.6 Å². The molecule has 0 aromatic heterocycles. The highest BCUT2D eigenvalue weighted by Crippen LogP contribution is 2.10. The van der Waals surface area contributed by atoms with E-state index in [-0.39, 0.29) is 12.2 Å². The number of allylic oxidation sites excluding steroid dienone is 1. The highest BCUT2D eigenvalue weighted by atomic mass is 16.5. The van der Waals surface area contributed by atoms with Gasteiger partial charge in [0.05, 0.1) is 6.10 Å². The molecule has 0 saturated heterocycles. The molecule has 0 aliphatic carbocycles. The van der Waals surface area contributed by atoms with Crippen molar-refractivity contribution in [3.8, 4) is 0 Å². The van der Waals surface area contributed by atoms with E-state index >= 15 is 0 Å². The number of rotatable bonds is 10. The van der Waals surface area contributed by atoms with E-state index in [9.17, 15) is 0 Å². The van der Waals surface area contributed by atoms with Gasteiger partial charge in [0.2, 0.25) is 0 Å². The third-order valence-electron chi connectivity index (χ3n) is 2.89. The lowest BCUT2D eigenvalue weighted by Crippen LogP contribution is -2.27.